The zero-order chi connectivity index (χ0) is 11.6. The predicted molar refractivity (Wildman–Crippen MR) is 55.2 cm³/mol. The summed E-state index contributed by atoms with van der Waals surface area (Å²) in [6.45, 7) is -0.156. The lowest BCUT2D eigenvalue weighted by Crippen LogP contribution is -2.28. The van der Waals surface area contributed by atoms with E-state index in [0.717, 1.165) is 12.1 Å². The van der Waals surface area contributed by atoms with Crippen LogP contribution >= 0.6 is 0 Å². The molecule has 0 fully saturated rings. The van der Waals surface area contributed by atoms with Crippen LogP contribution in [0.2, 0.25) is 0 Å². The summed E-state index contributed by atoms with van der Waals surface area (Å²) in [6, 6.07) is 2.07. The van der Waals surface area contributed by atoms with Crippen molar-refractivity contribution in [2.75, 3.05) is 18.0 Å². The van der Waals surface area contributed by atoms with Gasteiger partial charge >= 0.3 is 0 Å². The Bertz CT molecular complexity index is 359. The van der Waals surface area contributed by atoms with Crippen molar-refractivity contribution in [2.45, 2.75) is 12.2 Å². The first-order valence-corrected chi connectivity index (χ1v) is 4.38. The summed E-state index contributed by atoms with van der Waals surface area (Å²) in [5, 5.41) is 18.9. The zero-order valence-corrected chi connectivity index (χ0v) is 8.02. The van der Waals surface area contributed by atoms with E-state index in [0.29, 0.717) is 0 Å². The lowest BCUT2D eigenvalue weighted by atomic mass is 10.0. The number of aliphatic hydroxyl groups excluding tert-OH is 2. The molecule has 6 heteroatoms. The van der Waals surface area contributed by atoms with Gasteiger partial charge in [-0.3, -0.25) is 0 Å². The molecule has 0 bridgehead atoms. The van der Waals surface area contributed by atoms with E-state index in [4.69, 9.17) is 17.2 Å². The number of hydrogen-bond donors (Lipinski definition) is 5. The summed E-state index contributed by atoms with van der Waals surface area (Å²) in [6.07, 6.45) is -2.54. The Morgan fingerprint density at radius 1 is 1.27 bits per heavy atom. The van der Waals surface area contributed by atoms with Crippen molar-refractivity contribution in [1.29, 1.82) is 0 Å². The van der Waals surface area contributed by atoms with Crippen LogP contribution in [0.25, 0.3) is 0 Å². The Balaban J connectivity index is 3.13. The molecule has 1 rings (SSSR count). The van der Waals surface area contributed by atoms with Crippen molar-refractivity contribution >= 4 is 11.4 Å². The van der Waals surface area contributed by atoms with Gasteiger partial charge in [0.05, 0.1) is 17.5 Å². The SMILES string of the molecule is NCC(O)C(O)c1cc(F)cc(N)c1N. The third-order valence-corrected chi connectivity index (χ3v) is 2.13. The van der Waals surface area contributed by atoms with Crippen molar-refractivity contribution in [3.8, 4) is 0 Å². The van der Waals surface area contributed by atoms with Gasteiger partial charge in [-0.15, -0.1) is 0 Å². The van der Waals surface area contributed by atoms with Crippen LogP contribution in [0, 0.1) is 5.82 Å². The van der Waals surface area contributed by atoms with E-state index in [9.17, 15) is 14.6 Å². The fourth-order valence-electron chi connectivity index (χ4n) is 1.24. The summed E-state index contributed by atoms with van der Waals surface area (Å²) in [7, 11) is 0. The number of hydrogen-bond acceptors (Lipinski definition) is 5. The maximum Gasteiger partial charge on any atom is 0.125 e. The van der Waals surface area contributed by atoms with Gasteiger partial charge in [-0.25, -0.2) is 4.39 Å². The van der Waals surface area contributed by atoms with Gasteiger partial charge in [0.2, 0.25) is 0 Å². The minimum Gasteiger partial charge on any atom is -0.397 e. The summed E-state index contributed by atoms with van der Waals surface area (Å²) in [5.41, 5.74) is 16.2. The average molecular weight is 215 g/mol. The van der Waals surface area contributed by atoms with Crippen LogP contribution in [0.4, 0.5) is 15.8 Å². The molecule has 8 N–H and O–H groups in total. The van der Waals surface area contributed by atoms with Crippen LogP contribution in [-0.2, 0) is 0 Å². The fourth-order valence-corrected chi connectivity index (χ4v) is 1.24. The average Bonchev–Trinajstić information content (AvgIpc) is 2.21. The molecular weight excluding hydrogens is 201 g/mol. The Labute approximate surface area is 86.3 Å². The Morgan fingerprint density at radius 3 is 2.40 bits per heavy atom. The quantitative estimate of drug-likeness (QED) is 0.429. The van der Waals surface area contributed by atoms with Crippen molar-refractivity contribution in [2.24, 2.45) is 5.73 Å². The molecule has 5 nitrogen and oxygen atoms in total. The second-order valence-electron chi connectivity index (χ2n) is 3.25. The number of aliphatic hydroxyl groups is 2. The number of rotatable bonds is 3. The molecule has 0 aliphatic rings. The van der Waals surface area contributed by atoms with Gasteiger partial charge in [0, 0.05) is 12.1 Å². The van der Waals surface area contributed by atoms with Crippen LogP contribution in [0.1, 0.15) is 11.7 Å². The zero-order valence-electron chi connectivity index (χ0n) is 8.02. The van der Waals surface area contributed by atoms with E-state index in [1.54, 1.807) is 0 Å². The third-order valence-electron chi connectivity index (χ3n) is 2.13. The Hall–Kier alpha value is -1.37. The predicted octanol–water partition coefficient (Wildman–Crippen LogP) is -0.657. The molecule has 1 aromatic carbocycles. The lowest BCUT2D eigenvalue weighted by Gasteiger charge is -2.19. The molecule has 0 radical (unpaired) electrons. The van der Waals surface area contributed by atoms with Crippen LogP contribution in [0.15, 0.2) is 12.1 Å². The molecule has 0 spiro atoms. The number of halogens is 1. The maximum atomic E-state index is 13.0. The number of nitrogen functional groups attached to an aromatic ring is 2. The molecule has 0 aromatic heterocycles. The third kappa shape index (κ3) is 2.35. The molecule has 0 aliphatic carbocycles. The molecule has 2 unspecified atom stereocenters. The molecule has 0 heterocycles. The van der Waals surface area contributed by atoms with Crippen LogP contribution in [0.3, 0.4) is 0 Å². The highest BCUT2D eigenvalue weighted by Crippen LogP contribution is 2.28. The van der Waals surface area contributed by atoms with Crippen molar-refractivity contribution in [3.05, 3.63) is 23.5 Å². The van der Waals surface area contributed by atoms with Crippen molar-refractivity contribution in [1.82, 2.24) is 0 Å². The van der Waals surface area contributed by atoms with Gasteiger partial charge in [0.1, 0.15) is 11.9 Å². The standard InChI is InChI=1S/C9H14FN3O2/c10-4-1-5(8(13)6(12)2-4)9(15)7(14)3-11/h1-2,7,9,14-15H,3,11-13H2. The minimum absolute atomic E-state index is 0.0215. The summed E-state index contributed by atoms with van der Waals surface area (Å²) < 4.78 is 13.0. The van der Waals surface area contributed by atoms with E-state index < -0.39 is 18.0 Å². The van der Waals surface area contributed by atoms with Gasteiger partial charge in [0.25, 0.3) is 0 Å². The van der Waals surface area contributed by atoms with Crippen molar-refractivity contribution in [3.63, 3.8) is 0 Å². The molecule has 2 atom stereocenters. The van der Waals surface area contributed by atoms with Gasteiger partial charge in [0.15, 0.2) is 0 Å². The lowest BCUT2D eigenvalue weighted by molar-refractivity contribution is 0.0246. The van der Waals surface area contributed by atoms with Gasteiger partial charge in [-0.1, -0.05) is 0 Å². The topological polar surface area (TPSA) is 119 Å². The van der Waals surface area contributed by atoms with Gasteiger partial charge in [-0.05, 0) is 12.1 Å². The normalized spacial score (nSPS) is 14.9. The van der Waals surface area contributed by atoms with E-state index in [1.807, 2.05) is 0 Å². The van der Waals surface area contributed by atoms with Crippen LogP contribution < -0.4 is 17.2 Å². The Morgan fingerprint density at radius 2 is 1.87 bits per heavy atom. The molecule has 0 amide bonds. The minimum atomic E-state index is -1.34. The second kappa shape index (κ2) is 4.43. The Kier molecular flexibility index (Phi) is 3.46. The smallest absolute Gasteiger partial charge is 0.125 e. The van der Waals surface area contributed by atoms with Gasteiger partial charge < -0.3 is 27.4 Å². The molecule has 1 aromatic rings. The molecule has 84 valence electrons. The first-order valence-electron chi connectivity index (χ1n) is 4.38. The van der Waals surface area contributed by atoms with Crippen LogP contribution in [-0.4, -0.2) is 22.9 Å². The maximum absolute atomic E-state index is 13.0. The highest BCUT2D eigenvalue weighted by atomic mass is 19.1. The van der Waals surface area contributed by atoms with E-state index in [2.05, 4.69) is 0 Å². The molecule has 0 saturated heterocycles. The summed E-state index contributed by atoms with van der Waals surface area (Å²) in [4.78, 5) is 0. The first kappa shape index (κ1) is 11.7. The number of anilines is 2. The summed E-state index contributed by atoms with van der Waals surface area (Å²) in [5.74, 6) is -0.625. The fraction of sp³-hybridized carbons (Fsp3) is 0.333. The number of nitrogens with two attached hydrogens (primary N) is 3. The number of benzene rings is 1. The molecule has 0 saturated carbocycles. The summed E-state index contributed by atoms with van der Waals surface area (Å²) >= 11 is 0. The van der Waals surface area contributed by atoms with Gasteiger partial charge in [-0.2, -0.15) is 0 Å². The van der Waals surface area contributed by atoms with Crippen molar-refractivity contribution < 1.29 is 14.6 Å². The molecule has 15 heavy (non-hydrogen) atoms. The molecule has 0 aliphatic heterocycles. The first-order chi connectivity index (χ1) is 6.97. The monoisotopic (exact) mass is 215 g/mol. The highest BCUT2D eigenvalue weighted by Gasteiger charge is 2.21. The van der Waals surface area contributed by atoms with E-state index in [1.165, 1.54) is 0 Å². The van der Waals surface area contributed by atoms with E-state index >= 15 is 0 Å². The highest BCUT2D eigenvalue weighted by molar-refractivity contribution is 5.68. The van der Waals surface area contributed by atoms with Crippen LogP contribution in [0.5, 0.6) is 0 Å². The largest absolute Gasteiger partial charge is 0.397 e. The van der Waals surface area contributed by atoms with E-state index in [-0.39, 0.29) is 23.5 Å². The molecular formula is C9H14FN3O2. The second-order valence-corrected chi connectivity index (χ2v) is 3.25.